The molecule has 2 atom stereocenters. The highest BCUT2D eigenvalue weighted by atomic mass is 16.2. The molecule has 1 aliphatic heterocycles. The smallest absolute Gasteiger partial charge is 0.292 e. The monoisotopic (exact) mass is 357 g/mol. The third kappa shape index (κ3) is 5.02. The second-order valence-corrected chi connectivity index (χ2v) is 6.58. The predicted molar refractivity (Wildman–Crippen MR) is 101 cm³/mol. The predicted octanol–water partition coefficient (Wildman–Crippen LogP) is 1.53. The third-order valence-corrected chi connectivity index (χ3v) is 4.58. The highest BCUT2D eigenvalue weighted by Gasteiger charge is 2.37. The Balaban J connectivity index is 2.04. The second-order valence-electron chi connectivity index (χ2n) is 6.58. The average Bonchev–Trinajstić information content (AvgIpc) is 3.04. The number of amides is 2. The number of ketones is 1. The zero-order chi connectivity index (χ0) is 19.1. The van der Waals surface area contributed by atoms with Gasteiger partial charge >= 0.3 is 0 Å². The largest absolute Gasteiger partial charge is 0.355 e. The van der Waals surface area contributed by atoms with E-state index in [9.17, 15) is 14.4 Å². The molecule has 1 aromatic rings. The van der Waals surface area contributed by atoms with E-state index in [1.165, 1.54) is 0 Å². The maximum atomic E-state index is 12.4. The minimum absolute atomic E-state index is 0.0393. The number of hydrogen-bond acceptors (Lipinski definition) is 4. The van der Waals surface area contributed by atoms with E-state index in [1.807, 2.05) is 26.8 Å². The van der Waals surface area contributed by atoms with Crippen LogP contribution in [-0.4, -0.2) is 54.2 Å². The summed E-state index contributed by atoms with van der Waals surface area (Å²) in [5.74, 6) is -1.22. The molecule has 2 N–H and O–H groups in total. The first-order chi connectivity index (χ1) is 12.5. The number of hydrogen-bond donors (Lipinski definition) is 2. The van der Waals surface area contributed by atoms with Gasteiger partial charge in [0.25, 0.3) is 5.91 Å². The van der Waals surface area contributed by atoms with Crippen molar-refractivity contribution in [1.29, 1.82) is 0 Å². The molecule has 0 spiro atoms. The highest BCUT2D eigenvalue weighted by molar-refractivity contribution is 6.42. The van der Waals surface area contributed by atoms with Crippen molar-refractivity contribution in [3.8, 4) is 0 Å². The van der Waals surface area contributed by atoms with Crippen molar-refractivity contribution in [3.05, 3.63) is 47.5 Å². The number of rotatable bonds is 7. The molecular formula is C20H27N3O3. The van der Waals surface area contributed by atoms with Crippen LogP contribution in [0.15, 0.2) is 42.0 Å². The fourth-order valence-electron chi connectivity index (χ4n) is 3.13. The summed E-state index contributed by atoms with van der Waals surface area (Å²) in [7, 11) is 0. The van der Waals surface area contributed by atoms with E-state index in [-0.39, 0.29) is 18.0 Å². The van der Waals surface area contributed by atoms with Crippen LogP contribution in [0, 0.1) is 0 Å². The van der Waals surface area contributed by atoms with Gasteiger partial charge < -0.3 is 10.6 Å². The van der Waals surface area contributed by atoms with E-state index in [1.54, 1.807) is 30.3 Å². The van der Waals surface area contributed by atoms with E-state index in [4.69, 9.17) is 0 Å². The molecule has 2 rings (SSSR count). The Hall–Kier alpha value is -2.47. The molecule has 0 aromatic heterocycles. The van der Waals surface area contributed by atoms with Crippen molar-refractivity contribution >= 4 is 17.6 Å². The molecule has 0 saturated carbocycles. The first-order valence-corrected chi connectivity index (χ1v) is 9.00. The van der Waals surface area contributed by atoms with E-state index in [0.717, 1.165) is 5.57 Å². The van der Waals surface area contributed by atoms with Gasteiger partial charge in [0, 0.05) is 31.2 Å². The summed E-state index contributed by atoms with van der Waals surface area (Å²) in [6.45, 7) is 7.63. The van der Waals surface area contributed by atoms with Crippen LogP contribution in [0.4, 0.5) is 0 Å². The molecule has 1 heterocycles. The standard InChI is InChI=1S/C20H27N3O3/c1-4-14(3)12-23-13-16(11-17(23)19(25)21-5-2)22-20(26)18(24)15-9-7-6-8-10-15/h4,6-10,16-17H,5,11-13H2,1-3H3,(H,21,25)(H,22,26)/b14-4+/t16-,17+/m1/s1. The van der Waals surface area contributed by atoms with Crippen LogP contribution in [0.5, 0.6) is 0 Å². The number of nitrogens with zero attached hydrogens (tertiary/aromatic N) is 1. The van der Waals surface area contributed by atoms with Gasteiger partial charge in [-0.2, -0.15) is 0 Å². The van der Waals surface area contributed by atoms with Gasteiger partial charge in [-0.15, -0.1) is 0 Å². The van der Waals surface area contributed by atoms with Crippen molar-refractivity contribution in [2.24, 2.45) is 0 Å². The second kappa shape index (κ2) is 9.29. The number of allylic oxidation sites excluding steroid dienone is 1. The van der Waals surface area contributed by atoms with Crippen LogP contribution >= 0.6 is 0 Å². The van der Waals surface area contributed by atoms with Crippen LogP contribution in [0.2, 0.25) is 0 Å². The molecule has 0 aliphatic carbocycles. The summed E-state index contributed by atoms with van der Waals surface area (Å²) < 4.78 is 0. The van der Waals surface area contributed by atoms with Gasteiger partial charge in [0.15, 0.2) is 0 Å². The Kier molecular flexibility index (Phi) is 7.09. The van der Waals surface area contributed by atoms with Crippen molar-refractivity contribution in [1.82, 2.24) is 15.5 Å². The number of likely N-dealkylation sites (tertiary alicyclic amines) is 1. The molecule has 6 nitrogen and oxygen atoms in total. The molecule has 1 aliphatic rings. The Morgan fingerprint density at radius 3 is 2.54 bits per heavy atom. The van der Waals surface area contributed by atoms with Crippen molar-refractivity contribution in [2.45, 2.75) is 39.3 Å². The molecular weight excluding hydrogens is 330 g/mol. The molecule has 140 valence electrons. The van der Waals surface area contributed by atoms with E-state index < -0.39 is 11.7 Å². The lowest BCUT2D eigenvalue weighted by Gasteiger charge is -2.23. The number of nitrogens with one attached hydrogen (secondary N) is 2. The molecule has 0 radical (unpaired) electrons. The van der Waals surface area contributed by atoms with Crippen molar-refractivity contribution in [3.63, 3.8) is 0 Å². The lowest BCUT2D eigenvalue weighted by Crippen LogP contribution is -2.43. The molecule has 2 amide bonds. The number of benzene rings is 1. The topological polar surface area (TPSA) is 78.5 Å². The molecule has 26 heavy (non-hydrogen) atoms. The number of carbonyl (C=O) groups is 3. The van der Waals surface area contributed by atoms with Crippen molar-refractivity contribution in [2.75, 3.05) is 19.6 Å². The van der Waals surface area contributed by atoms with E-state index >= 15 is 0 Å². The van der Waals surface area contributed by atoms with Crippen LogP contribution in [0.25, 0.3) is 0 Å². The van der Waals surface area contributed by atoms with Crippen molar-refractivity contribution < 1.29 is 14.4 Å². The summed E-state index contributed by atoms with van der Waals surface area (Å²) in [4.78, 5) is 39.0. The maximum absolute atomic E-state index is 12.4. The summed E-state index contributed by atoms with van der Waals surface area (Å²) in [6.07, 6.45) is 2.51. The minimum atomic E-state index is -0.625. The summed E-state index contributed by atoms with van der Waals surface area (Å²) in [5, 5.41) is 5.65. The van der Waals surface area contributed by atoms with Gasteiger partial charge in [0.05, 0.1) is 6.04 Å². The lowest BCUT2D eigenvalue weighted by atomic mass is 10.1. The lowest BCUT2D eigenvalue weighted by molar-refractivity contribution is -0.125. The van der Waals surface area contributed by atoms with E-state index in [0.29, 0.717) is 31.6 Å². The van der Waals surface area contributed by atoms with Gasteiger partial charge in [-0.3, -0.25) is 19.3 Å². The molecule has 1 saturated heterocycles. The molecule has 1 aromatic carbocycles. The molecule has 1 fully saturated rings. The van der Waals surface area contributed by atoms with Crippen LogP contribution < -0.4 is 10.6 Å². The normalized spacial score (nSPS) is 20.7. The maximum Gasteiger partial charge on any atom is 0.292 e. The average molecular weight is 357 g/mol. The first-order valence-electron chi connectivity index (χ1n) is 9.00. The fraction of sp³-hybridized carbons (Fsp3) is 0.450. The molecule has 0 bridgehead atoms. The zero-order valence-corrected chi connectivity index (χ0v) is 15.6. The van der Waals surface area contributed by atoms with E-state index in [2.05, 4.69) is 15.5 Å². The first kappa shape index (κ1) is 19.8. The van der Waals surface area contributed by atoms with Gasteiger partial charge in [-0.1, -0.05) is 42.0 Å². The van der Waals surface area contributed by atoms with Gasteiger partial charge in [0.2, 0.25) is 11.7 Å². The van der Waals surface area contributed by atoms with Crippen LogP contribution in [0.3, 0.4) is 0 Å². The van der Waals surface area contributed by atoms with Crippen LogP contribution in [0.1, 0.15) is 37.6 Å². The number of carbonyl (C=O) groups excluding carboxylic acids is 3. The molecule has 0 unspecified atom stereocenters. The summed E-state index contributed by atoms with van der Waals surface area (Å²) >= 11 is 0. The van der Waals surface area contributed by atoms with Crippen LogP contribution in [-0.2, 0) is 9.59 Å². The Morgan fingerprint density at radius 1 is 1.23 bits per heavy atom. The SMILES string of the molecule is C/C=C(\C)CN1C[C@H](NC(=O)C(=O)c2ccccc2)C[C@H]1C(=O)NCC. The van der Waals surface area contributed by atoms with Gasteiger partial charge in [-0.25, -0.2) is 0 Å². The Bertz CT molecular complexity index is 685. The third-order valence-electron chi connectivity index (χ3n) is 4.58. The fourth-order valence-corrected chi connectivity index (χ4v) is 3.13. The summed E-state index contributed by atoms with van der Waals surface area (Å²) in [6, 6.07) is 7.95. The molecule has 6 heteroatoms. The number of likely N-dealkylation sites (N-methyl/N-ethyl adjacent to an activating group) is 1. The minimum Gasteiger partial charge on any atom is -0.355 e. The zero-order valence-electron chi connectivity index (χ0n) is 15.6. The summed E-state index contributed by atoms with van der Waals surface area (Å²) in [5.41, 5.74) is 1.52. The Labute approximate surface area is 154 Å². The quantitative estimate of drug-likeness (QED) is 0.441. The highest BCUT2D eigenvalue weighted by Crippen LogP contribution is 2.20. The Morgan fingerprint density at radius 2 is 1.92 bits per heavy atom. The van der Waals surface area contributed by atoms with Gasteiger partial charge in [0.1, 0.15) is 0 Å². The van der Waals surface area contributed by atoms with Gasteiger partial charge in [-0.05, 0) is 27.2 Å². The number of Topliss-reactive ketones (excluding diaryl/α,β-unsaturated/α-hetero) is 1.